The molecule has 1 aromatic rings. The van der Waals surface area contributed by atoms with E-state index in [0.29, 0.717) is 0 Å². The molecule has 0 heterocycles. The maximum absolute atomic E-state index is 13.4. The molecule has 72 valence electrons. The van der Waals surface area contributed by atoms with E-state index in [1.165, 1.54) is 0 Å². The van der Waals surface area contributed by atoms with Crippen molar-refractivity contribution in [3.05, 3.63) is 33.8 Å². The average Bonchev–Trinajstić information content (AvgIpc) is 1.94. The Morgan fingerprint density at radius 2 is 1.85 bits per heavy atom. The second-order valence-electron chi connectivity index (χ2n) is 3.47. The van der Waals surface area contributed by atoms with E-state index in [0.717, 1.165) is 12.1 Å². The quantitative estimate of drug-likeness (QED) is 0.762. The fourth-order valence-electron chi connectivity index (χ4n) is 1.02. The zero-order chi connectivity index (χ0) is 10.2. The lowest BCUT2D eigenvalue weighted by atomic mass is 9.95. The zero-order valence-corrected chi connectivity index (χ0v) is 8.95. The Hall–Kier alpha value is -0.480. The maximum atomic E-state index is 13.4. The highest BCUT2D eigenvalue weighted by atomic mass is 79.9. The highest BCUT2D eigenvalue weighted by Crippen LogP contribution is 2.27. The molecular weight excluding hydrogens is 240 g/mol. The molecule has 0 amide bonds. The molecular formula is C9H10BrF2N. The Balaban J connectivity index is 3.37. The molecule has 0 aromatic heterocycles. The topological polar surface area (TPSA) is 26.0 Å². The molecule has 0 spiro atoms. The van der Waals surface area contributed by atoms with Crippen LogP contribution in [0.4, 0.5) is 8.78 Å². The van der Waals surface area contributed by atoms with Gasteiger partial charge in [0.25, 0.3) is 0 Å². The summed E-state index contributed by atoms with van der Waals surface area (Å²) in [5.74, 6) is -1.00. The highest BCUT2D eigenvalue weighted by Gasteiger charge is 2.21. The molecule has 0 aliphatic heterocycles. The number of benzene rings is 1. The van der Waals surface area contributed by atoms with Crippen LogP contribution in [-0.2, 0) is 5.54 Å². The summed E-state index contributed by atoms with van der Waals surface area (Å²) in [4.78, 5) is 0. The van der Waals surface area contributed by atoms with Crippen molar-refractivity contribution in [2.24, 2.45) is 5.73 Å². The fraction of sp³-hybridized carbons (Fsp3) is 0.333. The number of hydrogen-bond donors (Lipinski definition) is 1. The fourth-order valence-corrected chi connectivity index (χ4v) is 1.46. The Morgan fingerprint density at radius 1 is 1.31 bits per heavy atom. The molecule has 1 aromatic carbocycles. The minimum Gasteiger partial charge on any atom is -0.322 e. The monoisotopic (exact) mass is 249 g/mol. The van der Waals surface area contributed by atoms with Gasteiger partial charge >= 0.3 is 0 Å². The summed E-state index contributed by atoms with van der Waals surface area (Å²) in [6.45, 7) is 3.24. The zero-order valence-electron chi connectivity index (χ0n) is 7.37. The summed E-state index contributed by atoms with van der Waals surface area (Å²) in [6.07, 6.45) is 0. The van der Waals surface area contributed by atoms with E-state index in [1.807, 2.05) is 0 Å². The molecule has 0 fully saturated rings. The van der Waals surface area contributed by atoms with Gasteiger partial charge in [-0.2, -0.15) is 0 Å². The number of nitrogens with two attached hydrogens (primary N) is 1. The molecule has 1 nitrogen and oxygen atoms in total. The molecule has 0 bridgehead atoms. The molecule has 2 N–H and O–H groups in total. The van der Waals surface area contributed by atoms with Crippen LogP contribution in [0.15, 0.2) is 16.6 Å². The van der Waals surface area contributed by atoms with Crippen molar-refractivity contribution in [3.63, 3.8) is 0 Å². The number of rotatable bonds is 1. The van der Waals surface area contributed by atoms with Gasteiger partial charge in [0.2, 0.25) is 0 Å². The molecule has 0 atom stereocenters. The second kappa shape index (κ2) is 3.35. The first-order valence-electron chi connectivity index (χ1n) is 3.76. The highest BCUT2D eigenvalue weighted by molar-refractivity contribution is 9.10. The Labute approximate surface area is 84.1 Å². The summed E-state index contributed by atoms with van der Waals surface area (Å²) in [6, 6.07) is 2.19. The van der Waals surface area contributed by atoms with Crippen LogP contribution in [0.2, 0.25) is 0 Å². The lowest BCUT2D eigenvalue weighted by Gasteiger charge is -2.20. The lowest BCUT2D eigenvalue weighted by molar-refractivity contribution is 0.489. The van der Waals surface area contributed by atoms with Crippen LogP contribution in [-0.4, -0.2) is 0 Å². The van der Waals surface area contributed by atoms with Crippen molar-refractivity contribution in [3.8, 4) is 0 Å². The van der Waals surface area contributed by atoms with Gasteiger partial charge in [0, 0.05) is 11.1 Å². The third-order valence-corrected chi connectivity index (χ3v) is 2.26. The van der Waals surface area contributed by atoms with Crippen molar-refractivity contribution in [2.75, 3.05) is 0 Å². The van der Waals surface area contributed by atoms with Gasteiger partial charge in [0.1, 0.15) is 11.6 Å². The van der Waals surface area contributed by atoms with Gasteiger partial charge in [-0.3, -0.25) is 0 Å². The van der Waals surface area contributed by atoms with Gasteiger partial charge in [-0.15, -0.1) is 0 Å². The SMILES string of the molecule is CC(C)(N)c1cc(F)cc(Br)c1F. The Morgan fingerprint density at radius 3 is 2.31 bits per heavy atom. The van der Waals surface area contributed by atoms with Gasteiger partial charge in [0.15, 0.2) is 0 Å². The van der Waals surface area contributed by atoms with Crippen LogP contribution < -0.4 is 5.73 Å². The van der Waals surface area contributed by atoms with E-state index >= 15 is 0 Å². The molecule has 1 rings (SSSR count). The van der Waals surface area contributed by atoms with Crippen molar-refractivity contribution < 1.29 is 8.78 Å². The summed E-state index contributed by atoms with van der Waals surface area (Å²) in [5, 5.41) is 0. The smallest absolute Gasteiger partial charge is 0.142 e. The van der Waals surface area contributed by atoms with E-state index in [-0.39, 0.29) is 10.0 Å². The number of hydrogen-bond acceptors (Lipinski definition) is 1. The second-order valence-corrected chi connectivity index (χ2v) is 4.33. The summed E-state index contributed by atoms with van der Waals surface area (Å²) in [5.41, 5.74) is 4.95. The first-order chi connectivity index (χ1) is 5.82. The van der Waals surface area contributed by atoms with Crippen molar-refractivity contribution in [1.82, 2.24) is 0 Å². The van der Waals surface area contributed by atoms with Crippen molar-refractivity contribution in [2.45, 2.75) is 19.4 Å². The van der Waals surface area contributed by atoms with Crippen molar-refractivity contribution >= 4 is 15.9 Å². The average molecular weight is 250 g/mol. The molecule has 0 unspecified atom stereocenters. The van der Waals surface area contributed by atoms with Crippen LogP contribution >= 0.6 is 15.9 Å². The van der Waals surface area contributed by atoms with Gasteiger partial charge in [-0.05, 0) is 41.9 Å². The largest absolute Gasteiger partial charge is 0.322 e. The van der Waals surface area contributed by atoms with Crippen LogP contribution in [0.25, 0.3) is 0 Å². The van der Waals surface area contributed by atoms with Crippen LogP contribution in [0.3, 0.4) is 0 Å². The minimum absolute atomic E-state index is 0.0982. The lowest BCUT2D eigenvalue weighted by Crippen LogP contribution is -2.30. The first-order valence-corrected chi connectivity index (χ1v) is 4.55. The van der Waals surface area contributed by atoms with Crippen LogP contribution in [0.1, 0.15) is 19.4 Å². The molecule has 4 heteroatoms. The van der Waals surface area contributed by atoms with E-state index in [9.17, 15) is 8.78 Å². The third kappa shape index (κ3) is 2.25. The molecule has 0 radical (unpaired) electrons. The van der Waals surface area contributed by atoms with E-state index in [4.69, 9.17) is 5.73 Å². The Bertz CT molecular complexity index is 331. The minimum atomic E-state index is -0.880. The molecule has 0 aliphatic rings. The van der Waals surface area contributed by atoms with Gasteiger partial charge in [-0.25, -0.2) is 8.78 Å². The molecule has 0 saturated heterocycles. The maximum Gasteiger partial charge on any atom is 0.142 e. The summed E-state index contributed by atoms with van der Waals surface area (Å²) < 4.78 is 26.4. The van der Waals surface area contributed by atoms with E-state index in [1.54, 1.807) is 13.8 Å². The van der Waals surface area contributed by atoms with Gasteiger partial charge in [0.05, 0.1) is 4.47 Å². The summed E-state index contributed by atoms with van der Waals surface area (Å²) >= 11 is 2.92. The molecule has 0 saturated carbocycles. The standard InChI is InChI=1S/C9H10BrF2N/c1-9(2,13)6-3-5(11)4-7(10)8(6)12/h3-4H,13H2,1-2H3. The predicted molar refractivity (Wildman–Crippen MR) is 51.3 cm³/mol. The Kier molecular flexibility index (Phi) is 2.73. The number of halogens is 3. The van der Waals surface area contributed by atoms with Crippen molar-refractivity contribution in [1.29, 1.82) is 0 Å². The first kappa shape index (κ1) is 10.6. The predicted octanol–water partition coefficient (Wildman–Crippen LogP) is 2.92. The summed E-state index contributed by atoms with van der Waals surface area (Å²) in [7, 11) is 0. The normalized spacial score (nSPS) is 11.8. The molecule has 0 aliphatic carbocycles. The van der Waals surface area contributed by atoms with Gasteiger partial charge < -0.3 is 5.73 Å². The van der Waals surface area contributed by atoms with Crippen LogP contribution in [0.5, 0.6) is 0 Å². The van der Waals surface area contributed by atoms with Gasteiger partial charge in [-0.1, -0.05) is 0 Å². The van der Waals surface area contributed by atoms with Crippen LogP contribution in [0, 0.1) is 11.6 Å². The molecule has 13 heavy (non-hydrogen) atoms. The van der Waals surface area contributed by atoms with E-state index < -0.39 is 17.2 Å². The van der Waals surface area contributed by atoms with E-state index in [2.05, 4.69) is 15.9 Å². The third-order valence-electron chi connectivity index (χ3n) is 1.69.